The Labute approximate surface area is 91.2 Å². The minimum absolute atomic E-state index is 0.169. The second kappa shape index (κ2) is 6.80. The minimum Gasteiger partial charge on any atom is -0.481 e. The molecule has 0 bridgehead atoms. The predicted octanol–water partition coefficient (Wildman–Crippen LogP) is 1.21. The normalized spacial score (nSPS) is 20.1. The van der Waals surface area contributed by atoms with Gasteiger partial charge in [-0.25, -0.2) is 0 Å². The number of carboxylic acid groups (broad SMARTS) is 1. The maximum absolute atomic E-state index is 10.9. The highest BCUT2D eigenvalue weighted by atomic mass is 16.5. The smallest absolute Gasteiger partial charge is 0.306 e. The van der Waals surface area contributed by atoms with Gasteiger partial charge in [0, 0.05) is 13.1 Å². The Bertz CT molecular complexity index is 190. The van der Waals surface area contributed by atoms with E-state index >= 15 is 0 Å². The fourth-order valence-electron chi connectivity index (χ4n) is 1.90. The summed E-state index contributed by atoms with van der Waals surface area (Å²) in [6.45, 7) is 6.37. The van der Waals surface area contributed by atoms with E-state index in [0.29, 0.717) is 0 Å². The van der Waals surface area contributed by atoms with Crippen LogP contribution in [0.15, 0.2) is 0 Å². The van der Waals surface area contributed by atoms with Gasteiger partial charge in [-0.1, -0.05) is 13.3 Å². The number of carboxylic acids is 1. The van der Waals surface area contributed by atoms with Gasteiger partial charge in [-0.3, -0.25) is 9.69 Å². The molecule has 0 aromatic heterocycles. The van der Waals surface area contributed by atoms with Crippen molar-refractivity contribution in [2.45, 2.75) is 26.2 Å². The molecule has 1 aliphatic heterocycles. The molecular weight excluding hydrogens is 194 g/mol. The van der Waals surface area contributed by atoms with Crippen LogP contribution >= 0.6 is 0 Å². The Balaban J connectivity index is 2.22. The van der Waals surface area contributed by atoms with Crippen molar-refractivity contribution < 1.29 is 14.6 Å². The topological polar surface area (TPSA) is 49.8 Å². The van der Waals surface area contributed by atoms with E-state index in [2.05, 4.69) is 4.90 Å². The highest BCUT2D eigenvalue weighted by molar-refractivity contribution is 5.69. The van der Waals surface area contributed by atoms with Gasteiger partial charge >= 0.3 is 5.97 Å². The number of hydrogen-bond acceptors (Lipinski definition) is 3. The molecule has 4 heteroatoms. The molecule has 1 rings (SSSR count). The van der Waals surface area contributed by atoms with Crippen molar-refractivity contribution in [3.63, 3.8) is 0 Å². The summed E-state index contributed by atoms with van der Waals surface area (Å²) in [5.41, 5.74) is 0. The standard InChI is InChI=1S/C11H21NO3/c1-2-3-10(11(13)14)4-5-12-6-8-15-9-7-12/h10H,2-9H2,1H3,(H,13,14). The lowest BCUT2D eigenvalue weighted by atomic mass is 10.00. The molecule has 1 saturated heterocycles. The van der Waals surface area contributed by atoms with Crippen molar-refractivity contribution in [2.75, 3.05) is 32.8 Å². The van der Waals surface area contributed by atoms with Crippen LogP contribution in [0.1, 0.15) is 26.2 Å². The Morgan fingerprint density at radius 1 is 1.40 bits per heavy atom. The van der Waals surface area contributed by atoms with E-state index in [1.165, 1.54) is 0 Å². The highest BCUT2D eigenvalue weighted by Crippen LogP contribution is 2.12. The van der Waals surface area contributed by atoms with Crippen molar-refractivity contribution in [3.05, 3.63) is 0 Å². The number of ether oxygens (including phenoxy) is 1. The maximum atomic E-state index is 10.9. The Morgan fingerprint density at radius 2 is 2.07 bits per heavy atom. The summed E-state index contributed by atoms with van der Waals surface area (Å²) in [5, 5.41) is 8.99. The molecule has 1 atom stereocenters. The number of carbonyl (C=O) groups is 1. The molecule has 0 aromatic carbocycles. The number of hydrogen-bond donors (Lipinski definition) is 1. The average Bonchev–Trinajstić information content (AvgIpc) is 2.25. The first-order valence-corrected chi connectivity index (χ1v) is 5.77. The summed E-state index contributed by atoms with van der Waals surface area (Å²) in [6.07, 6.45) is 2.50. The van der Waals surface area contributed by atoms with E-state index < -0.39 is 5.97 Å². The van der Waals surface area contributed by atoms with Gasteiger partial charge in [-0.15, -0.1) is 0 Å². The molecular formula is C11H21NO3. The van der Waals surface area contributed by atoms with E-state index in [1.807, 2.05) is 6.92 Å². The van der Waals surface area contributed by atoms with E-state index in [4.69, 9.17) is 9.84 Å². The molecule has 0 spiro atoms. The highest BCUT2D eigenvalue weighted by Gasteiger charge is 2.18. The lowest BCUT2D eigenvalue weighted by molar-refractivity contribution is -0.142. The van der Waals surface area contributed by atoms with E-state index in [9.17, 15) is 4.79 Å². The van der Waals surface area contributed by atoms with E-state index in [0.717, 1.165) is 52.1 Å². The van der Waals surface area contributed by atoms with E-state index in [-0.39, 0.29) is 5.92 Å². The van der Waals surface area contributed by atoms with Crippen molar-refractivity contribution in [2.24, 2.45) is 5.92 Å². The molecule has 0 aromatic rings. The van der Waals surface area contributed by atoms with E-state index in [1.54, 1.807) is 0 Å². The SMILES string of the molecule is CCCC(CCN1CCOCC1)C(=O)O. The lowest BCUT2D eigenvalue weighted by Crippen LogP contribution is -2.37. The van der Waals surface area contributed by atoms with Gasteiger partial charge in [0.2, 0.25) is 0 Å². The molecule has 4 nitrogen and oxygen atoms in total. The van der Waals surface area contributed by atoms with Crippen molar-refractivity contribution >= 4 is 5.97 Å². The molecule has 1 unspecified atom stereocenters. The molecule has 0 radical (unpaired) electrons. The fourth-order valence-corrected chi connectivity index (χ4v) is 1.90. The van der Waals surface area contributed by atoms with Crippen molar-refractivity contribution in [1.82, 2.24) is 4.90 Å². The van der Waals surface area contributed by atoms with Crippen molar-refractivity contribution in [1.29, 1.82) is 0 Å². The summed E-state index contributed by atoms with van der Waals surface area (Å²) in [5.74, 6) is -0.817. The molecule has 0 amide bonds. The van der Waals surface area contributed by atoms with Gasteiger partial charge in [-0.05, 0) is 19.4 Å². The Hall–Kier alpha value is -0.610. The van der Waals surface area contributed by atoms with Gasteiger partial charge in [0.15, 0.2) is 0 Å². The molecule has 88 valence electrons. The summed E-state index contributed by atoms with van der Waals surface area (Å²) in [7, 11) is 0. The number of morpholine rings is 1. The fraction of sp³-hybridized carbons (Fsp3) is 0.909. The van der Waals surface area contributed by atoms with Crippen LogP contribution < -0.4 is 0 Å². The largest absolute Gasteiger partial charge is 0.481 e. The second-order valence-electron chi connectivity index (χ2n) is 4.07. The molecule has 0 saturated carbocycles. The number of aliphatic carboxylic acids is 1. The first-order valence-electron chi connectivity index (χ1n) is 5.77. The number of nitrogens with zero attached hydrogens (tertiary/aromatic N) is 1. The van der Waals surface area contributed by atoms with Crippen LogP contribution in [0.3, 0.4) is 0 Å². The average molecular weight is 215 g/mol. The first kappa shape index (κ1) is 12.5. The second-order valence-corrected chi connectivity index (χ2v) is 4.07. The van der Waals surface area contributed by atoms with Crippen LogP contribution in [0.25, 0.3) is 0 Å². The molecule has 1 fully saturated rings. The van der Waals surface area contributed by atoms with Gasteiger partial charge in [0.05, 0.1) is 19.1 Å². The molecule has 1 heterocycles. The third-order valence-electron chi connectivity index (χ3n) is 2.88. The van der Waals surface area contributed by atoms with Crippen LogP contribution in [0.4, 0.5) is 0 Å². The predicted molar refractivity (Wildman–Crippen MR) is 57.9 cm³/mol. The Morgan fingerprint density at radius 3 is 2.60 bits per heavy atom. The minimum atomic E-state index is -0.648. The summed E-state index contributed by atoms with van der Waals surface area (Å²) in [6, 6.07) is 0. The number of rotatable bonds is 6. The zero-order chi connectivity index (χ0) is 11.1. The van der Waals surface area contributed by atoms with Gasteiger partial charge < -0.3 is 9.84 Å². The first-order chi connectivity index (χ1) is 7.24. The summed E-state index contributed by atoms with van der Waals surface area (Å²) < 4.78 is 5.24. The van der Waals surface area contributed by atoms with Gasteiger partial charge in [0.25, 0.3) is 0 Å². The van der Waals surface area contributed by atoms with Crippen LogP contribution in [0.2, 0.25) is 0 Å². The lowest BCUT2D eigenvalue weighted by Gasteiger charge is -2.27. The summed E-state index contributed by atoms with van der Waals surface area (Å²) in [4.78, 5) is 13.2. The van der Waals surface area contributed by atoms with Gasteiger partial charge in [-0.2, -0.15) is 0 Å². The Kier molecular flexibility index (Phi) is 5.65. The zero-order valence-corrected chi connectivity index (χ0v) is 9.45. The third-order valence-corrected chi connectivity index (χ3v) is 2.88. The molecule has 0 aliphatic carbocycles. The van der Waals surface area contributed by atoms with Crippen LogP contribution in [0.5, 0.6) is 0 Å². The monoisotopic (exact) mass is 215 g/mol. The zero-order valence-electron chi connectivity index (χ0n) is 9.45. The molecule has 1 N–H and O–H groups in total. The van der Waals surface area contributed by atoms with Crippen LogP contribution in [-0.2, 0) is 9.53 Å². The van der Waals surface area contributed by atoms with Crippen molar-refractivity contribution in [3.8, 4) is 0 Å². The molecule has 15 heavy (non-hydrogen) atoms. The quantitative estimate of drug-likeness (QED) is 0.723. The maximum Gasteiger partial charge on any atom is 0.306 e. The molecule has 1 aliphatic rings. The van der Waals surface area contributed by atoms with Gasteiger partial charge in [0.1, 0.15) is 0 Å². The van der Waals surface area contributed by atoms with Crippen LogP contribution in [0, 0.1) is 5.92 Å². The summed E-state index contributed by atoms with van der Waals surface area (Å²) >= 11 is 0. The third kappa shape index (κ3) is 4.62. The van der Waals surface area contributed by atoms with Crippen LogP contribution in [-0.4, -0.2) is 48.8 Å².